The average molecular weight is 430 g/mol. The van der Waals surface area contributed by atoms with Crippen molar-refractivity contribution in [2.45, 2.75) is 72.3 Å². The fourth-order valence-corrected chi connectivity index (χ4v) is 3.11. The SMILES string of the molecule is CC(C)(C)OC(=O)N1CCc2cc(OCc3cnn(C(=O)OC(C)(C)C)c3)ccc2C1. The standard InChI is InChI=1S/C23H31N3O5/c1-22(2,3)30-20(27)25-10-9-17-11-19(8-7-18(17)14-25)29-15-16-12-24-26(13-16)21(28)31-23(4,5)6/h7-8,11-13H,9-10,14-15H2,1-6H3. The lowest BCUT2D eigenvalue weighted by molar-refractivity contribution is 0.0223. The van der Waals surface area contributed by atoms with Crippen molar-refractivity contribution in [2.24, 2.45) is 0 Å². The van der Waals surface area contributed by atoms with E-state index in [1.165, 1.54) is 4.68 Å². The maximum Gasteiger partial charge on any atom is 0.435 e. The number of fused-ring (bicyclic) bond motifs is 1. The monoisotopic (exact) mass is 429 g/mol. The van der Waals surface area contributed by atoms with Crippen molar-refractivity contribution >= 4 is 12.2 Å². The summed E-state index contributed by atoms with van der Waals surface area (Å²) in [5, 5.41) is 4.05. The van der Waals surface area contributed by atoms with Crippen molar-refractivity contribution < 1.29 is 23.8 Å². The molecule has 0 fully saturated rings. The van der Waals surface area contributed by atoms with Gasteiger partial charge in [-0.25, -0.2) is 9.59 Å². The van der Waals surface area contributed by atoms with Crippen molar-refractivity contribution in [3.63, 3.8) is 0 Å². The van der Waals surface area contributed by atoms with Crippen LogP contribution in [0.25, 0.3) is 0 Å². The zero-order valence-corrected chi connectivity index (χ0v) is 19.1. The highest BCUT2D eigenvalue weighted by molar-refractivity contribution is 5.70. The molecule has 0 radical (unpaired) electrons. The molecule has 8 heteroatoms. The highest BCUT2D eigenvalue weighted by Crippen LogP contribution is 2.25. The van der Waals surface area contributed by atoms with Gasteiger partial charge in [0.2, 0.25) is 0 Å². The largest absolute Gasteiger partial charge is 0.489 e. The van der Waals surface area contributed by atoms with Gasteiger partial charge in [0.25, 0.3) is 0 Å². The first-order valence-corrected chi connectivity index (χ1v) is 10.4. The van der Waals surface area contributed by atoms with Crippen LogP contribution in [0.5, 0.6) is 5.75 Å². The highest BCUT2D eigenvalue weighted by atomic mass is 16.6. The normalized spacial score (nSPS) is 14.1. The van der Waals surface area contributed by atoms with Crippen LogP contribution in [-0.2, 0) is 29.0 Å². The molecule has 0 atom stereocenters. The third-order valence-corrected chi connectivity index (χ3v) is 4.46. The number of carbonyl (C=O) groups is 2. The summed E-state index contributed by atoms with van der Waals surface area (Å²) in [7, 11) is 0. The molecule has 0 unspecified atom stereocenters. The van der Waals surface area contributed by atoms with Crippen LogP contribution < -0.4 is 4.74 Å². The van der Waals surface area contributed by atoms with Gasteiger partial charge in [-0.05, 0) is 71.2 Å². The van der Waals surface area contributed by atoms with Crippen LogP contribution in [0.3, 0.4) is 0 Å². The van der Waals surface area contributed by atoms with Crippen LogP contribution in [-0.4, -0.2) is 44.6 Å². The molecule has 8 nitrogen and oxygen atoms in total. The third kappa shape index (κ3) is 6.47. The summed E-state index contributed by atoms with van der Waals surface area (Å²) in [6, 6.07) is 5.86. The van der Waals surface area contributed by atoms with Gasteiger partial charge in [0, 0.05) is 24.8 Å². The number of ether oxygens (including phenoxy) is 3. The molecule has 1 aliphatic rings. The van der Waals surface area contributed by atoms with E-state index in [1.54, 1.807) is 38.1 Å². The molecule has 31 heavy (non-hydrogen) atoms. The topological polar surface area (TPSA) is 82.9 Å². The molecule has 0 spiro atoms. The maximum absolute atomic E-state index is 12.3. The molecular weight excluding hydrogens is 398 g/mol. The number of nitrogens with zero attached hydrogens (tertiary/aromatic N) is 3. The fourth-order valence-electron chi connectivity index (χ4n) is 3.11. The summed E-state index contributed by atoms with van der Waals surface area (Å²) in [5.41, 5.74) is 1.91. The van der Waals surface area contributed by atoms with Crippen molar-refractivity contribution in [1.29, 1.82) is 0 Å². The van der Waals surface area contributed by atoms with Gasteiger partial charge in [-0.15, -0.1) is 0 Å². The van der Waals surface area contributed by atoms with E-state index in [1.807, 2.05) is 39.0 Å². The van der Waals surface area contributed by atoms with Crippen LogP contribution in [0.1, 0.15) is 58.2 Å². The van der Waals surface area contributed by atoms with Crippen LogP contribution in [0.15, 0.2) is 30.6 Å². The number of hydrogen-bond donors (Lipinski definition) is 0. The van der Waals surface area contributed by atoms with Crippen molar-refractivity contribution in [2.75, 3.05) is 6.54 Å². The Morgan fingerprint density at radius 1 is 1.00 bits per heavy atom. The first kappa shape index (κ1) is 22.7. The molecule has 3 rings (SSSR count). The summed E-state index contributed by atoms with van der Waals surface area (Å²) < 4.78 is 17.8. The maximum atomic E-state index is 12.3. The average Bonchev–Trinajstić information content (AvgIpc) is 3.12. The van der Waals surface area contributed by atoms with Gasteiger partial charge in [-0.1, -0.05) is 6.07 Å². The van der Waals surface area contributed by atoms with E-state index in [2.05, 4.69) is 5.10 Å². The minimum Gasteiger partial charge on any atom is -0.489 e. The summed E-state index contributed by atoms with van der Waals surface area (Å²) in [4.78, 5) is 26.1. The molecule has 2 heterocycles. The van der Waals surface area contributed by atoms with Crippen molar-refractivity contribution in [1.82, 2.24) is 14.7 Å². The molecule has 1 amide bonds. The number of carbonyl (C=O) groups excluding carboxylic acids is 2. The first-order valence-electron chi connectivity index (χ1n) is 10.4. The Labute approximate surface area is 183 Å². The Bertz CT molecular complexity index is 953. The molecule has 1 aromatic heterocycles. The van der Waals surface area contributed by atoms with E-state index in [-0.39, 0.29) is 12.7 Å². The second-order valence-electron chi connectivity index (χ2n) is 9.64. The Hall–Kier alpha value is -3.03. The van der Waals surface area contributed by atoms with E-state index >= 15 is 0 Å². The van der Waals surface area contributed by atoms with E-state index < -0.39 is 17.3 Å². The Kier molecular flexibility index (Phi) is 6.29. The fraction of sp³-hybridized carbons (Fsp3) is 0.522. The Morgan fingerprint density at radius 3 is 2.35 bits per heavy atom. The number of rotatable bonds is 3. The zero-order chi connectivity index (χ0) is 22.8. The van der Waals surface area contributed by atoms with Gasteiger partial charge in [-0.2, -0.15) is 9.78 Å². The summed E-state index contributed by atoms with van der Waals surface area (Å²) >= 11 is 0. The number of amides is 1. The van der Waals surface area contributed by atoms with Crippen LogP contribution in [0.2, 0.25) is 0 Å². The smallest absolute Gasteiger partial charge is 0.435 e. The molecule has 0 aliphatic carbocycles. The lowest BCUT2D eigenvalue weighted by Gasteiger charge is -2.31. The molecule has 1 aromatic carbocycles. The summed E-state index contributed by atoms with van der Waals surface area (Å²) in [6.45, 7) is 12.4. The van der Waals surface area contributed by atoms with Gasteiger partial charge >= 0.3 is 12.2 Å². The lowest BCUT2D eigenvalue weighted by Crippen LogP contribution is -2.39. The van der Waals surface area contributed by atoms with Gasteiger partial charge in [0.05, 0.1) is 6.20 Å². The molecule has 0 saturated carbocycles. The predicted octanol–water partition coefficient (Wildman–Crippen LogP) is 4.54. The molecular formula is C23H31N3O5. The molecule has 1 aliphatic heterocycles. The quantitative estimate of drug-likeness (QED) is 0.712. The van der Waals surface area contributed by atoms with E-state index in [9.17, 15) is 9.59 Å². The minimum absolute atomic E-state index is 0.283. The molecule has 0 bridgehead atoms. The molecule has 2 aromatic rings. The minimum atomic E-state index is -0.581. The van der Waals surface area contributed by atoms with Crippen LogP contribution >= 0.6 is 0 Å². The van der Waals surface area contributed by atoms with Crippen molar-refractivity contribution in [3.8, 4) is 5.75 Å². The van der Waals surface area contributed by atoms with Crippen LogP contribution in [0, 0.1) is 0 Å². The second kappa shape index (κ2) is 8.61. The van der Waals surface area contributed by atoms with E-state index in [0.29, 0.717) is 13.1 Å². The van der Waals surface area contributed by atoms with Crippen molar-refractivity contribution in [3.05, 3.63) is 47.3 Å². The highest BCUT2D eigenvalue weighted by Gasteiger charge is 2.26. The van der Waals surface area contributed by atoms with Gasteiger partial charge in [-0.3, -0.25) is 0 Å². The zero-order valence-electron chi connectivity index (χ0n) is 19.1. The molecule has 168 valence electrons. The van der Waals surface area contributed by atoms with E-state index in [0.717, 1.165) is 28.9 Å². The Morgan fingerprint density at radius 2 is 1.68 bits per heavy atom. The predicted molar refractivity (Wildman–Crippen MR) is 115 cm³/mol. The number of aromatic nitrogens is 2. The van der Waals surface area contributed by atoms with Gasteiger partial charge in [0.1, 0.15) is 23.6 Å². The number of benzene rings is 1. The van der Waals surface area contributed by atoms with Crippen LogP contribution in [0.4, 0.5) is 9.59 Å². The summed E-state index contributed by atoms with van der Waals surface area (Å²) in [6.07, 6.45) is 3.11. The number of hydrogen-bond acceptors (Lipinski definition) is 6. The molecule has 0 saturated heterocycles. The summed E-state index contributed by atoms with van der Waals surface area (Å²) in [5.74, 6) is 0.731. The first-order chi connectivity index (χ1) is 14.4. The van der Waals surface area contributed by atoms with E-state index in [4.69, 9.17) is 14.2 Å². The molecule has 0 N–H and O–H groups in total. The van der Waals surface area contributed by atoms with Gasteiger partial charge < -0.3 is 19.1 Å². The Balaban J connectivity index is 1.57. The van der Waals surface area contributed by atoms with Gasteiger partial charge in [0.15, 0.2) is 0 Å². The second-order valence-corrected chi connectivity index (χ2v) is 9.64. The lowest BCUT2D eigenvalue weighted by atomic mass is 10.00. The third-order valence-electron chi connectivity index (χ3n) is 4.46.